The van der Waals surface area contributed by atoms with E-state index in [9.17, 15) is 0 Å². The molecular weight excluding hydrogens is 228 g/mol. The maximum absolute atomic E-state index is 2.34. The van der Waals surface area contributed by atoms with Crippen LogP contribution >= 0.6 is 0 Å². The van der Waals surface area contributed by atoms with Gasteiger partial charge in [-0.1, -0.05) is 60.7 Å². The molecule has 94 valence electrons. The summed E-state index contributed by atoms with van der Waals surface area (Å²) in [7, 11) is 0. The standard InChI is InChI=1S/C19H18/c1-14-8-3-5-10-16(14)18-12-7-13-19(18)17-11-6-4-9-15(17)2/h3-6,8-13H,7H2,1-2H3. The molecule has 0 atom stereocenters. The molecule has 1 aliphatic rings. The lowest BCUT2D eigenvalue weighted by Crippen LogP contribution is -1.93. The van der Waals surface area contributed by atoms with Gasteiger partial charge < -0.3 is 0 Å². The van der Waals surface area contributed by atoms with Gasteiger partial charge in [-0.3, -0.25) is 0 Å². The first kappa shape index (κ1) is 12.0. The van der Waals surface area contributed by atoms with Crippen LogP contribution in [0.15, 0.2) is 60.7 Å². The van der Waals surface area contributed by atoms with Gasteiger partial charge in [0.05, 0.1) is 0 Å². The van der Waals surface area contributed by atoms with Crippen molar-refractivity contribution in [3.63, 3.8) is 0 Å². The van der Waals surface area contributed by atoms with E-state index in [0.717, 1.165) is 6.42 Å². The van der Waals surface area contributed by atoms with E-state index >= 15 is 0 Å². The van der Waals surface area contributed by atoms with Gasteiger partial charge in [-0.15, -0.1) is 0 Å². The van der Waals surface area contributed by atoms with Crippen molar-refractivity contribution in [1.82, 2.24) is 0 Å². The molecule has 19 heavy (non-hydrogen) atoms. The Hall–Kier alpha value is -2.08. The van der Waals surface area contributed by atoms with Gasteiger partial charge in [0.15, 0.2) is 0 Å². The van der Waals surface area contributed by atoms with Gasteiger partial charge >= 0.3 is 0 Å². The number of aryl methyl sites for hydroxylation is 2. The second-order valence-corrected chi connectivity index (χ2v) is 5.10. The van der Waals surface area contributed by atoms with Gasteiger partial charge in [0.2, 0.25) is 0 Å². The van der Waals surface area contributed by atoms with Crippen LogP contribution in [0.3, 0.4) is 0 Å². The van der Waals surface area contributed by atoms with Crippen LogP contribution in [0, 0.1) is 13.8 Å². The van der Waals surface area contributed by atoms with Crippen molar-refractivity contribution >= 4 is 11.1 Å². The van der Waals surface area contributed by atoms with Gasteiger partial charge in [0.1, 0.15) is 0 Å². The monoisotopic (exact) mass is 246 g/mol. The minimum absolute atomic E-state index is 1.04. The van der Waals surface area contributed by atoms with Crippen molar-refractivity contribution in [2.75, 3.05) is 0 Å². The molecule has 0 nitrogen and oxygen atoms in total. The summed E-state index contributed by atoms with van der Waals surface area (Å²) in [5.74, 6) is 0. The molecule has 1 aliphatic carbocycles. The summed E-state index contributed by atoms with van der Waals surface area (Å²) in [4.78, 5) is 0. The van der Waals surface area contributed by atoms with Crippen LogP contribution in [0.25, 0.3) is 11.1 Å². The van der Waals surface area contributed by atoms with Crippen LogP contribution in [0.2, 0.25) is 0 Å². The first-order chi connectivity index (χ1) is 9.27. The molecule has 0 N–H and O–H groups in total. The Labute approximate surface area is 115 Å². The Morgan fingerprint density at radius 3 is 1.47 bits per heavy atom. The molecular formula is C19H18. The van der Waals surface area contributed by atoms with Crippen molar-refractivity contribution in [3.05, 3.63) is 82.9 Å². The van der Waals surface area contributed by atoms with E-state index in [1.807, 2.05) is 0 Å². The predicted molar refractivity (Wildman–Crippen MR) is 82.9 cm³/mol. The zero-order chi connectivity index (χ0) is 13.2. The largest absolute Gasteiger partial charge is 0.0722 e. The van der Waals surface area contributed by atoms with Crippen LogP contribution in [0.1, 0.15) is 28.7 Å². The van der Waals surface area contributed by atoms with Gasteiger partial charge in [0.25, 0.3) is 0 Å². The van der Waals surface area contributed by atoms with Crippen LogP contribution < -0.4 is 0 Å². The van der Waals surface area contributed by atoms with Gasteiger partial charge in [0, 0.05) is 0 Å². The molecule has 0 unspecified atom stereocenters. The van der Waals surface area contributed by atoms with Crippen molar-refractivity contribution in [2.24, 2.45) is 0 Å². The maximum Gasteiger partial charge on any atom is -0.0143 e. The fraction of sp³-hybridized carbons (Fsp3) is 0.158. The number of hydrogen-bond acceptors (Lipinski definition) is 0. The third kappa shape index (κ3) is 2.15. The second-order valence-electron chi connectivity index (χ2n) is 5.10. The minimum Gasteiger partial charge on any atom is -0.0722 e. The van der Waals surface area contributed by atoms with Gasteiger partial charge in [-0.05, 0) is 53.7 Å². The summed E-state index contributed by atoms with van der Waals surface area (Å²) >= 11 is 0. The molecule has 0 bridgehead atoms. The Morgan fingerprint density at radius 2 is 1.05 bits per heavy atom. The summed E-state index contributed by atoms with van der Waals surface area (Å²) in [5.41, 5.74) is 8.16. The number of benzene rings is 2. The average Bonchev–Trinajstić information content (AvgIpc) is 2.89. The quantitative estimate of drug-likeness (QED) is 0.685. The zero-order valence-corrected chi connectivity index (χ0v) is 11.5. The SMILES string of the molecule is Cc1ccccc1C1=CCC=C1c1ccccc1C. The molecule has 0 spiro atoms. The number of hydrogen-bond donors (Lipinski definition) is 0. The molecule has 0 amide bonds. The van der Waals surface area contributed by atoms with E-state index in [4.69, 9.17) is 0 Å². The number of allylic oxidation sites excluding steroid dienone is 4. The normalized spacial score (nSPS) is 14.2. The van der Waals surface area contributed by atoms with Gasteiger partial charge in [-0.2, -0.15) is 0 Å². The average molecular weight is 246 g/mol. The molecule has 0 heteroatoms. The lowest BCUT2D eigenvalue weighted by molar-refractivity contribution is 1.41. The van der Waals surface area contributed by atoms with Gasteiger partial charge in [-0.25, -0.2) is 0 Å². The molecule has 2 aromatic rings. The lowest BCUT2D eigenvalue weighted by Gasteiger charge is -2.14. The van der Waals surface area contributed by atoms with Crippen molar-refractivity contribution < 1.29 is 0 Å². The van der Waals surface area contributed by atoms with E-state index in [1.54, 1.807) is 0 Å². The highest BCUT2D eigenvalue weighted by Crippen LogP contribution is 2.38. The Morgan fingerprint density at radius 1 is 0.632 bits per heavy atom. The fourth-order valence-corrected chi connectivity index (χ4v) is 2.77. The summed E-state index contributed by atoms with van der Waals surface area (Å²) in [6.45, 7) is 4.37. The van der Waals surface area contributed by atoms with Crippen molar-refractivity contribution in [1.29, 1.82) is 0 Å². The van der Waals surface area contributed by atoms with E-state index in [0.29, 0.717) is 0 Å². The fourth-order valence-electron chi connectivity index (χ4n) is 2.77. The highest BCUT2D eigenvalue weighted by molar-refractivity contribution is 6.07. The predicted octanol–water partition coefficient (Wildman–Crippen LogP) is 5.17. The van der Waals surface area contributed by atoms with E-state index < -0.39 is 0 Å². The Bertz CT molecular complexity index is 612. The van der Waals surface area contributed by atoms with Crippen LogP contribution in [-0.2, 0) is 0 Å². The minimum atomic E-state index is 1.04. The Kier molecular flexibility index (Phi) is 3.08. The molecule has 2 aromatic carbocycles. The Balaban J connectivity index is 2.08. The summed E-state index contributed by atoms with van der Waals surface area (Å²) < 4.78 is 0. The smallest absolute Gasteiger partial charge is 0.0143 e. The second kappa shape index (κ2) is 4.89. The highest BCUT2D eigenvalue weighted by Gasteiger charge is 2.16. The topological polar surface area (TPSA) is 0 Å². The van der Waals surface area contributed by atoms with Crippen LogP contribution in [-0.4, -0.2) is 0 Å². The van der Waals surface area contributed by atoms with Crippen molar-refractivity contribution in [2.45, 2.75) is 20.3 Å². The van der Waals surface area contributed by atoms with E-state index in [-0.39, 0.29) is 0 Å². The molecule has 3 rings (SSSR count). The first-order valence-corrected chi connectivity index (χ1v) is 6.80. The molecule has 0 saturated heterocycles. The lowest BCUT2D eigenvalue weighted by atomic mass is 9.90. The number of rotatable bonds is 2. The van der Waals surface area contributed by atoms with Crippen LogP contribution in [0.4, 0.5) is 0 Å². The summed E-state index contributed by atoms with van der Waals surface area (Å²) in [5, 5.41) is 0. The maximum atomic E-state index is 2.34. The zero-order valence-electron chi connectivity index (χ0n) is 11.5. The van der Waals surface area contributed by atoms with Crippen molar-refractivity contribution in [3.8, 4) is 0 Å². The molecule has 0 saturated carbocycles. The molecule has 0 radical (unpaired) electrons. The highest BCUT2D eigenvalue weighted by atomic mass is 14.2. The summed E-state index contributed by atoms with van der Waals surface area (Å²) in [6, 6.07) is 17.3. The third-order valence-corrected chi connectivity index (χ3v) is 3.80. The molecule has 0 aliphatic heterocycles. The summed E-state index contributed by atoms with van der Waals surface area (Å²) in [6.07, 6.45) is 5.71. The molecule has 0 heterocycles. The third-order valence-electron chi connectivity index (χ3n) is 3.80. The first-order valence-electron chi connectivity index (χ1n) is 6.80. The van der Waals surface area contributed by atoms with Crippen LogP contribution in [0.5, 0.6) is 0 Å². The molecule has 0 aromatic heterocycles. The van der Waals surface area contributed by atoms with E-state index in [1.165, 1.54) is 33.4 Å². The molecule has 0 fully saturated rings. The van der Waals surface area contributed by atoms with E-state index in [2.05, 4.69) is 74.5 Å².